The molecule has 2 heterocycles. The Labute approximate surface area is 107 Å². The normalized spacial score (nSPS) is 31.1. The zero-order valence-electron chi connectivity index (χ0n) is 10.3. The first-order chi connectivity index (χ1) is 8.72. The second-order valence-corrected chi connectivity index (χ2v) is 5.58. The predicted molar refractivity (Wildman–Crippen MR) is 68.4 cm³/mol. The fraction of sp³-hybridized carbons (Fsp3) is 0.571. The van der Waals surface area contributed by atoms with Crippen molar-refractivity contribution in [2.24, 2.45) is 17.8 Å². The van der Waals surface area contributed by atoms with E-state index in [-0.39, 0.29) is 5.92 Å². The molecule has 18 heavy (non-hydrogen) atoms. The predicted octanol–water partition coefficient (Wildman–Crippen LogP) is 2.02. The van der Waals surface area contributed by atoms with E-state index >= 15 is 0 Å². The first-order valence-electron chi connectivity index (χ1n) is 6.60. The number of carboxylic acids is 1. The molecule has 0 amide bonds. The van der Waals surface area contributed by atoms with Crippen molar-refractivity contribution in [3.8, 4) is 0 Å². The molecule has 1 saturated carbocycles. The molecule has 4 heteroatoms. The molecule has 1 aliphatic heterocycles. The first kappa shape index (κ1) is 11.5. The highest BCUT2D eigenvalue weighted by Gasteiger charge is 2.37. The maximum atomic E-state index is 11.1. The maximum absolute atomic E-state index is 11.1. The number of hydrogen-bond donors (Lipinski definition) is 1. The Hall–Kier alpha value is -1.58. The third-order valence-electron chi connectivity index (χ3n) is 4.24. The van der Waals surface area contributed by atoms with Crippen LogP contribution in [0.3, 0.4) is 0 Å². The van der Waals surface area contributed by atoms with Crippen LogP contribution in [0.5, 0.6) is 0 Å². The third kappa shape index (κ3) is 2.19. The van der Waals surface area contributed by atoms with E-state index in [1.165, 1.54) is 12.1 Å². The Bertz CT molecular complexity index is 421. The molecule has 3 rings (SSSR count). The molecule has 0 spiro atoms. The number of carboxylic acid groups (broad SMARTS) is 1. The highest BCUT2D eigenvalue weighted by atomic mass is 16.4. The summed E-state index contributed by atoms with van der Waals surface area (Å²) in [5, 5.41) is 9.15. The van der Waals surface area contributed by atoms with Gasteiger partial charge in [-0.05, 0) is 43.2 Å². The van der Waals surface area contributed by atoms with E-state index in [1.807, 2.05) is 24.5 Å². The van der Waals surface area contributed by atoms with E-state index in [0.29, 0.717) is 11.8 Å². The van der Waals surface area contributed by atoms with Gasteiger partial charge in [-0.15, -0.1) is 0 Å². The van der Waals surface area contributed by atoms with E-state index in [2.05, 4.69) is 9.88 Å². The van der Waals surface area contributed by atoms with Gasteiger partial charge in [0, 0.05) is 31.2 Å². The molecule has 1 aromatic rings. The van der Waals surface area contributed by atoms with Gasteiger partial charge in [0.25, 0.3) is 0 Å². The van der Waals surface area contributed by atoms with Gasteiger partial charge in [-0.1, -0.05) is 0 Å². The molecule has 2 unspecified atom stereocenters. The number of fused-ring (bicyclic) bond motifs is 2. The lowest BCUT2D eigenvalue weighted by Gasteiger charge is -2.44. The average molecular weight is 246 g/mol. The van der Waals surface area contributed by atoms with Gasteiger partial charge in [0.15, 0.2) is 0 Å². The van der Waals surface area contributed by atoms with E-state index in [0.717, 1.165) is 25.9 Å². The zero-order chi connectivity index (χ0) is 12.5. The van der Waals surface area contributed by atoms with Gasteiger partial charge in [0.1, 0.15) is 0 Å². The zero-order valence-corrected chi connectivity index (χ0v) is 10.3. The van der Waals surface area contributed by atoms with Crippen LogP contribution in [0.25, 0.3) is 0 Å². The molecule has 1 aliphatic carbocycles. The van der Waals surface area contributed by atoms with Gasteiger partial charge in [-0.2, -0.15) is 0 Å². The van der Waals surface area contributed by atoms with Crippen molar-refractivity contribution in [3.63, 3.8) is 0 Å². The Kier molecular flexibility index (Phi) is 2.94. The summed E-state index contributed by atoms with van der Waals surface area (Å²) in [4.78, 5) is 17.5. The van der Waals surface area contributed by atoms with Crippen LogP contribution in [0.2, 0.25) is 0 Å². The van der Waals surface area contributed by atoms with Crippen molar-refractivity contribution < 1.29 is 9.90 Å². The Balaban J connectivity index is 1.73. The van der Waals surface area contributed by atoms with Crippen LogP contribution in [0, 0.1) is 17.8 Å². The molecule has 96 valence electrons. The van der Waals surface area contributed by atoms with E-state index in [1.54, 1.807) is 0 Å². The topological polar surface area (TPSA) is 53.4 Å². The van der Waals surface area contributed by atoms with Crippen LogP contribution in [-0.2, 0) is 4.79 Å². The molecule has 2 atom stereocenters. The molecule has 0 radical (unpaired) electrons. The molecule has 1 aromatic heterocycles. The Morgan fingerprint density at radius 1 is 1.17 bits per heavy atom. The summed E-state index contributed by atoms with van der Waals surface area (Å²) in [5.74, 6) is 0.342. The summed E-state index contributed by atoms with van der Waals surface area (Å²) >= 11 is 0. The lowest BCUT2D eigenvalue weighted by atomic mass is 9.72. The number of piperidine rings is 1. The van der Waals surface area contributed by atoms with Crippen LogP contribution in [-0.4, -0.2) is 29.1 Å². The van der Waals surface area contributed by atoms with Gasteiger partial charge in [-0.3, -0.25) is 9.78 Å². The number of anilines is 1. The number of rotatable bonds is 2. The Morgan fingerprint density at radius 2 is 1.78 bits per heavy atom. The minimum absolute atomic E-state index is 0.117. The summed E-state index contributed by atoms with van der Waals surface area (Å²) in [7, 11) is 0. The molecule has 4 nitrogen and oxygen atoms in total. The number of nitrogens with zero attached hydrogens (tertiary/aromatic N) is 2. The van der Waals surface area contributed by atoms with Gasteiger partial charge in [0.2, 0.25) is 0 Å². The van der Waals surface area contributed by atoms with Crippen molar-refractivity contribution in [2.45, 2.75) is 19.3 Å². The van der Waals surface area contributed by atoms with Gasteiger partial charge < -0.3 is 10.0 Å². The van der Waals surface area contributed by atoms with E-state index in [4.69, 9.17) is 5.11 Å². The fourth-order valence-electron chi connectivity index (χ4n) is 3.53. The van der Waals surface area contributed by atoms with Gasteiger partial charge >= 0.3 is 5.97 Å². The van der Waals surface area contributed by atoms with Crippen molar-refractivity contribution in [1.82, 2.24) is 4.98 Å². The minimum atomic E-state index is -0.609. The highest BCUT2D eigenvalue weighted by molar-refractivity contribution is 5.70. The number of aromatic nitrogens is 1. The fourth-order valence-corrected chi connectivity index (χ4v) is 3.53. The van der Waals surface area contributed by atoms with Crippen molar-refractivity contribution >= 4 is 11.7 Å². The lowest BCUT2D eigenvalue weighted by molar-refractivity contribution is -0.144. The quantitative estimate of drug-likeness (QED) is 0.867. The van der Waals surface area contributed by atoms with E-state index in [9.17, 15) is 4.79 Å². The van der Waals surface area contributed by atoms with E-state index < -0.39 is 5.97 Å². The third-order valence-corrected chi connectivity index (χ3v) is 4.24. The van der Waals surface area contributed by atoms with Gasteiger partial charge in [-0.25, -0.2) is 0 Å². The van der Waals surface area contributed by atoms with Crippen LogP contribution >= 0.6 is 0 Å². The molecule has 2 fully saturated rings. The summed E-state index contributed by atoms with van der Waals surface area (Å²) in [6.07, 6.45) is 6.52. The second-order valence-electron chi connectivity index (χ2n) is 5.58. The second kappa shape index (κ2) is 4.59. The minimum Gasteiger partial charge on any atom is -0.481 e. The SMILES string of the molecule is O=C(O)C1CC2CC(C1)CN(c1ccncc1)C2. The van der Waals surface area contributed by atoms with Crippen LogP contribution in [0.4, 0.5) is 5.69 Å². The highest BCUT2D eigenvalue weighted by Crippen LogP contribution is 2.39. The summed E-state index contributed by atoms with van der Waals surface area (Å²) in [6, 6.07) is 4.07. The number of pyridine rings is 1. The standard InChI is InChI=1S/C14H18N2O2/c17-14(18)12-6-10-5-11(7-12)9-16(8-10)13-1-3-15-4-2-13/h1-4,10-12H,5-9H2,(H,17,18). The van der Waals surface area contributed by atoms with Crippen LogP contribution in [0.1, 0.15) is 19.3 Å². The molecule has 1 N–H and O–H groups in total. The first-order valence-corrected chi connectivity index (χ1v) is 6.60. The van der Waals surface area contributed by atoms with Crippen LogP contribution in [0.15, 0.2) is 24.5 Å². The Morgan fingerprint density at radius 3 is 2.33 bits per heavy atom. The largest absolute Gasteiger partial charge is 0.481 e. The number of aliphatic carboxylic acids is 1. The smallest absolute Gasteiger partial charge is 0.306 e. The average Bonchev–Trinajstić information content (AvgIpc) is 2.38. The lowest BCUT2D eigenvalue weighted by Crippen LogP contribution is -2.45. The maximum Gasteiger partial charge on any atom is 0.306 e. The molecular weight excluding hydrogens is 228 g/mol. The van der Waals surface area contributed by atoms with Crippen LogP contribution < -0.4 is 4.90 Å². The summed E-state index contributed by atoms with van der Waals surface area (Å²) in [5.41, 5.74) is 1.22. The van der Waals surface area contributed by atoms with Crippen molar-refractivity contribution in [3.05, 3.63) is 24.5 Å². The van der Waals surface area contributed by atoms with Crippen molar-refractivity contribution in [2.75, 3.05) is 18.0 Å². The van der Waals surface area contributed by atoms with Gasteiger partial charge in [0.05, 0.1) is 5.92 Å². The molecular formula is C14H18N2O2. The summed E-state index contributed by atoms with van der Waals surface area (Å²) in [6.45, 7) is 1.98. The molecule has 1 saturated heterocycles. The number of hydrogen-bond acceptors (Lipinski definition) is 3. The molecule has 2 bridgehead atoms. The molecule has 0 aromatic carbocycles. The summed E-state index contributed by atoms with van der Waals surface area (Å²) < 4.78 is 0. The van der Waals surface area contributed by atoms with Crippen molar-refractivity contribution in [1.29, 1.82) is 0 Å². The monoisotopic (exact) mass is 246 g/mol. The molecule has 2 aliphatic rings. The number of carbonyl (C=O) groups is 1.